The topological polar surface area (TPSA) is 63.7 Å². The Labute approximate surface area is 107 Å². The molecule has 1 rings (SSSR count). The van der Waals surface area contributed by atoms with Gasteiger partial charge < -0.3 is 4.74 Å². The molecule has 1 aliphatic heterocycles. The molecule has 1 saturated heterocycles. The fourth-order valence-corrected chi connectivity index (χ4v) is 1.78. The first kappa shape index (κ1) is 14.7. The Morgan fingerprint density at radius 1 is 1.39 bits per heavy atom. The van der Waals surface area contributed by atoms with Gasteiger partial charge in [0.25, 0.3) is 5.91 Å². The number of nitrogens with zero attached hydrogens (tertiary/aromatic N) is 1. The Bertz CT molecular complexity index is 384. The SMILES string of the molecule is CCC(C)(C)C(=O)OCC(=O)N1C(=O)CC1(C)C. The predicted octanol–water partition coefficient (Wildman–Crippen LogP) is 1.50. The van der Waals surface area contributed by atoms with Crippen LogP contribution in [0.25, 0.3) is 0 Å². The van der Waals surface area contributed by atoms with E-state index in [2.05, 4.69) is 0 Å². The number of esters is 1. The number of likely N-dealkylation sites (tertiary alicyclic amines) is 1. The fraction of sp³-hybridized carbons (Fsp3) is 0.769. The van der Waals surface area contributed by atoms with Gasteiger partial charge in [0, 0.05) is 0 Å². The van der Waals surface area contributed by atoms with Crippen molar-refractivity contribution in [3.05, 3.63) is 0 Å². The van der Waals surface area contributed by atoms with Crippen molar-refractivity contribution in [3.63, 3.8) is 0 Å². The predicted molar refractivity (Wildman–Crippen MR) is 65.6 cm³/mol. The Balaban J connectivity index is 2.53. The summed E-state index contributed by atoms with van der Waals surface area (Å²) in [5, 5.41) is 0. The highest BCUT2D eigenvalue weighted by atomic mass is 16.5. The minimum atomic E-state index is -0.602. The lowest BCUT2D eigenvalue weighted by molar-refractivity contribution is -0.172. The van der Waals surface area contributed by atoms with Crippen molar-refractivity contribution < 1.29 is 19.1 Å². The van der Waals surface area contributed by atoms with E-state index in [9.17, 15) is 14.4 Å². The fourth-order valence-electron chi connectivity index (χ4n) is 1.78. The van der Waals surface area contributed by atoms with Crippen LogP contribution in [0.4, 0.5) is 0 Å². The minimum absolute atomic E-state index is 0.212. The lowest BCUT2D eigenvalue weighted by atomic mass is 9.88. The molecule has 102 valence electrons. The second kappa shape index (κ2) is 4.71. The van der Waals surface area contributed by atoms with E-state index in [-0.39, 0.29) is 12.5 Å². The number of carbonyl (C=O) groups is 3. The van der Waals surface area contributed by atoms with E-state index in [0.29, 0.717) is 12.8 Å². The minimum Gasteiger partial charge on any atom is -0.455 e. The molecule has 0 N–H and O–H groups in total. The molecule has 1 heterocycles. The van der Waals surface area contributed by atoms with Gasteiger partial charge >= 0.3 is 5.97 Å². The monoisotopic (exact) mass is 255 g/mol. The van der Waals surface area contributed by atoms with Gasteiger partial charge in [0.2, 0.25) is 5.91 Å². The average molecular weight is 255 g/mol. The van der Waals surface area contributed by atoms with Crippen molar-refractivity contribution in [1.29, 1.82) is 0 Å². The zero-order valence-electron chi connectivity index (χ0n) is 11.7. The molecule has 0 atom stereocenters. The normalized spacial score (nSPS) is 18.3. The number of amides is 2. The molecule has 0 aromatic heterocycles. The number of imide groups is 1. The maximum atomic E-state index is 11.8. The van der Waals surface area contributed by atoms with E-state index in [4.69, 9.17) is 4.74 Å². The summed E-state index contributed by atoms with van der Waals surface area (Å²) in [6.07, 6.45) is 0.987. The number of β-lactam (4-membered cyclic amide) rings is 1. The average Bonchev–Trinajstić information content (AvgIpc) is 2.24. The van der Waals surface area contributed by atoms with E-state index >= 15 is 0 Å². The summed E-state index contributed by atoms with van der Waals surface area (Å²) in [5.41, 5.74) is -1.06. The molecule has 0 saturated carbocycles. The number of rotatable bonds is 4. The Morgan fingerprint density at radius 3 is 2.33 bits per heavy atom. The van der Waals surface area contributed by atoms with Crippen molar-refractivity contribution in [1.82, 2.24) is 4.90 Å². The standard InChI is InChI=1S/C13H21NO4/c1-6-12(2,3)11(17)18-8-10(16)14-9(15)7-13(14,4)5/h6-8H2,1-5H3. The third kappa shape index (κ3) is 2.71. The molecule has 0 radical (unpaired) electrons. The first-order valence-electron chi connectivity index (χ1n) is 6.15. The second-order valence-electron chi connectivity index (χ2n) is 5.93. The van der Waals surface area contributed by atoms with E-state index in [0.717, 1.165) is 0 Å². The zero-order chi connectivity index (χ0) is 14.1. The van der Waals surface area contributed by atoms with Gasteiger partial charge in [-0.2, -0.15) is 0 Å². The molecule has 0 aliphatic carbocycles. The van der Waals surface area contributed by atoms with Crippen LogP contribution in [0.1, 0.15) is 47.5 Å². The molecule has 5 heteroatoms. The zero-order valence-corrected chi connectivity index (χ0v) is 11.7. The lowest BCUT2D eigenvalue weighted by Gasteiger charge is -2.45. The number of ether oxygens (including phenoxy) is 1. The highest BCUT2D eigenvalue weighted by molar-refractivity contribution is 6.02. The highest BCUT2D eigenvalue weighted by Crippen LogP contribution is 2.31. The summed E-state index contributed by atoms with van der Waals surface area (Å²) < 4.78 is 4.98. The summed E-state index contributed by atoms with van der Waals surface area (Å²) >= 11 is 0. The molecule has 0 spiro atoms. The Morgan fingerprint density at radius 2 is 1.94 bits per heavy atom. The smallest absolute Gasteiger partial charge is 0.312 e. The number of hydrogen-bond acceptors (Lipinski definition) is 4. The molecule has 1 fully saturated rings. The first-order chi connectivity index (χ1) is 8.12. The molecule has 0 bridgehead atoms. The molecular formula is C13H21NO4. The van der Waals surface area contributed by atoms with Crippen LogP contribution in [0.15, 0.2) is 0 Å². The van der Waals surface area contributed by atoms with Gasteiger partial charge in [0.15, 0.2) is 6.61 Å². The largest absolute Gasteiger partial charge is 0.455 e. The molecule has 0 aromatic rings. The second-order valence-corrected chi connectivity index (χ2v) is 5.93. The Kier molecular flexibility index (Phi) is 3.84. The van der Waals surface area contributed by atoms with Crippen LogP contribution in [-0.2, 0) is 19.1 Å². The molecule has 2 amide bonds. The van der Waals surface area contributed by atoms with E-state index < -0.39 is 22.8 Å². The molecule has 18 heavy (non-hydrogen) atoms. The van der Waals surface area contributed by atoms with E-state index in [1.165, 1.54) is 4.90 Å². The van der Waals surface area contributed by atoms with Crippen LogP contribution in [0.3, 0.4) is 0 Å². The Hall–Kier alpha value is -1.39. The van der Waals surface area contributed by atoms with Gasteiger partial charge in [-0.25, -0.2) is 0 Å². The molecule has 1 aliphatic rings. The number of carbonyl (C=O) groups excluding carboxylic acids is 3. The van der Waals surface area contributed by atoms with Crippen molar-refractivity contribution in [3.8, 4) is 0 Å². The van der Waals surface area contributed by atoms with E-state index in [1.54, 1.807) is 13.8 Å². The summed E-state index contributed by atoms with van der Waals surface area (Å²) in [4.78, 5) is 36.0. The van der Waals surface area contributed by atoms with E-state index in [1.807, 2.05) is 20.8 Å². The highest BCUT2D eigenvalue weighted by Gasteiger charge is 2.47. The van der Waals surface area contributed by atoms with Gasteiger partial charge in [-0.3, -0.25) is 19.3 Å². The third-order valence-electron chi connectivity index (χ3n) is 3.45. The summed E-state index contributed by atoms with van der Waals surface area (Å²) in [7, 11) is 0. The van der Waals surface area contributed by atoms with Gasteiger partial charge in [-0.05, 0) is 34.1 Å². The molecule has 0 aromatic carbocycles. The van der Waals surface area contributed by atoms with Crippen molar-refractivity contribution in [2.24, 2.45) is 5.41 Å². The van der Waals surface area contributed by atoms with Crippen LogP contribution in [0, 0.1) is 5.41 Å². The maximum Gasteiger partial charge on any atom is 0.312 e. The number of hydrogen-bond donors (Lipinski definition) is 0. The van der Waals surface area contributed by atoms with Gasteiger partial charge in [-0.1, -0.05) is 6.92 Å². The summed E-state index contributed by atoms with van der Waals surface area (Å²) in [6.45, 7) is 8.66. The van der Waals surface area contributed by atoms with Crippen LogP contribution < -0.4 is 0 Å². The molecule has 5 nitrogen and oxygen atoms in total. The van der Waals surface area contributed by atoms with Crippen molar-refractivity contribution in [2.45, 2.75) is 53.0 Å². The van der Waals surface area contributed by atoms with Crippen LogP contribution >= 0.6 is 0 Å². The van der Waals surface area contributed by atoms with Crippen LogP contribution in [0.2, 0.25) is 0 Å². The molecule has 0 unspecified atom stereocenters. The molecular weight excluding hydrogens is 234 g/mol. The van der Waals surface area contributed by atoms with Crippen LogP contribution in [-0.4, -0.2) is 34.8 Å². The third-order valence-corrected chi connectivity index (χ3v) is 3.45. The van der Waals surface area contributed by atoms with Gasteiger partial charge in [0.05, 0.1) is 17.4 Å². The van der Waals surface area contributed by atoms with Crippen molar-refractivity contribution >= 4 is 17.8 Å². The maximum absolute atomic E-state index is 11.8. The lowest BCUT2D eigenvalue weighted by Crippen LogP contribution is -2.63. The summed E-state index contributed by atoms with van der Waals surface area (Å²) in [5.74, 6) is -1.07. The van der Waals surface area contributed by atoms with Gasteiger partial charge in [-0.15, -0.1) is 0 Å². The van der Waals surface area contributed by atoms with Crippen LogP contribution in [0.5, 0.6) is 0 Å². The van der Waals surface area contributed by atoms with Gasteiger partial charge in [0.1, 0.15) is 0 Å². The van der Waals surface area contributed by atoms with Crippen molar-refractivity contribution in [2.75, 3.05) is 6.61 Å². The summed E-state index contributed by atoms with van der Waals surface area (Å²) in [6, 6.07) is 0. The first-order valence-corrected chi connectivity index (χ1v) is 6.15. The quantitative estimate of drug-likeness (QED) is 0.564.